The van der Waals surface area contributed by atoms with Crippen LogP contribution in [0, 0.1) is 11.3 Å². The van der Waals surface area contributed by atoms with Crippen LogP contribution in [0.25, 0.3) is 0 Å². The van der Waals surface area contributed by atoms with Crippen LogP contribution < -0.4 is 15.4 Å². The zero-order chi connectivity index (χ0) is 18.0. The van der Waals surface area contributed by atoms with E-state index in [1.165, 1.54) is 0 Å². The molecule has 146 valence electrons. The normalized spacial score (nSPS) is 27.6. The molecular formula is C19H29ClIN3O2. The molecule has 2 aliphatic rings. The van der Waals surface area contributed by atoms with Gasteiger partial charge in [-0.25, -0.2) is 0 Å². The first-order valence-electron chi connectivity index (χ1n) is 8.93. The van der Waals surface area contributed by atoms with Crippen molar-refractivity contribution in [2.75, 3.05) is 20.2 Å². The molecule has 0 aromatic heterocycles. The summed E-state index contributed by atoms with van der Waals surface area (Å²) in [5.41, 5.74) is 0.127. The molecule has 1 saturated carbocycles. The number of aliphatic imine (C=N–C) groups is 1. The highest BCUT2D eigenvalue weighted by molar-refractivity contribution is 14.0. The average molecular weight is 494 g/mol. The summed E-state index contributed by atoms with van der Waals surface area (Å²) >= 11 is 5.99. The minimum Gasteiger partial charge on any atom is -0.489 e. The third-order valence-corrected chi connectivity index (χ3v) is 5.54. The molecule has 1 aromatic carbocycles. The minimum absolute atomic E-state index is 0. The second-order valence-electron chi connectivity index (χ2n) is 7.53. The van der Waals surface area contributed by atoms with Crippen molar-refractivity contribution in [3.63, 3.8) is 0 Å². The highest BCUT2D eigenvalue weighted by Gasteiger charge is 2.59. The summed E-state index contributed by atoms with van der Waals surface area (Å²) in [6, 6.07) is 7.84. The van der Waals surface area contributed by atoms with Crippen LogP contribution in [0.1, 0.15) is 27.2 Å². The van der Waals surface area contributed by atoms with Crippen LogP contribution in [-0.2, 0) is 4.74 Å². The van der Waals surface area contributed by atoms with E-state index in [4.69, 9.17) is 21.1 Å². The molecule has 7 heteroatoms. The Kier molecular flexibility index (Phi) is 7.44. The Bertz CT molecular complexity index is 641. The lowest BCUT2D eigenvalue weighted by atomic mass is 9.57. The van der Waals surface area contributed by atoms with Crippen LogP contribution >= 0.6 is 35.6 Å². The lowest BCUT2D eigenvalue weighted by Gasteiger charge is -2.54. The van der Waals surface area contributed by atoms with Gasteiger partial charge >= 0.3 is 0 Å². The molecule has 1 aliphatic heterocycles. The molecular weight excluding hydrogens is 465 g/mol. The zero-order valence-electron chi connectivity index (χ0n) is 15.8. The molecule has 0 amide bonds. The number of ether oxygens (including phenoxy) is 2. The summed E-state index contributed by atoms with van der Waals surface area (Å²) in [5.74, 6) is 2.16. The number of benzene rings is 1. The molecule has 2 N–H and O–H groups in total. The first-order valence-corrected chi connectivity index (χ1v) is 9.30. The van der Waals surface area contributed by atoms with Crippen LogP contribution in [0.15, 0.2) is 29.3 Å². The van der Waals surface area contributed by atoms with Gasteiger partial charge in [0.15, 0.2) is 5.96 Å². The number of nitrogens with one attached hydrogen (secondary N) is 2. The van der Waals surface area contributed by atoms with Crippen molar-refractivity contribution in [1.29, 1.82) is 0 Å². The number of nitrogens with zero attached hydrogens (tertiary/aromatic N) is 1. The van der Waals surface area contributed by atoms with E-state index in [9.17, 15) is 0 Å². The predicted octanol–water partition coefficient (Wildman–Crippen LogP) is 3.70. The maximum Gasteiger partial charge on any atom is 0.191 e. The smallest absolute Gasteiger partial charge is 0.191 e. The predicted molar refractivity (Wildman–Crippen MR) is 117 cm³/mol. The van der Waals surface area contributed by atoms with Crippen LogP contribution in [0.4, 0.5) is 0 Å². The van der Waals surface area contributed by atoms with Crippen LogP contribution in [0.3, 0.4) is 0 Å². The molecule has 2 fully saturated rings. The van der Waals surface area contributed by atoms with Crippen molar-refractivity contribution in [3.05, 3.63) is 29.3 Å². The van der Waals surface area contributed by atoms with Gasteiger partial charge in [-0.05, 0) is 31.5 Å². The number of hydrogen-bond donors (Lipinski definition) is 2. The van der Waals surface area contributed by atoms with E-state index in [0.717, 1.165) is 24.7 Å². The van der Waals surface area contributed by atoms with Gasteiger partial charge in [-0.2, -0.15) is 0 Å². The van der Waals surface area contributed by atoms with Gasteiger partial charge in [0.05, 0.1) is 12.6 Å². The Hall–Kier alpha value is -0.730. The Morgan fingerprint density at radius 2 is 2.23 bits per heavy atom. The number of guanidine groups is 1. The molecule has 1 aromatic rings. The second kappa shape index (κ2) is 8.97. The van der Waals surface area contributed by atoms with Gasteiger partial charge < -0.3 is 20.1 Å². The third kappa shape index (κ3) is 4.57. The average Bonchev–Trinajstić information content (AvgIpc) is 3.02. The first kappa shape index (κ1) is 21.6. The van der Waals surface area contributed by atoms with Crippen LogP contribution in [-0.4, -0.2) is 44.4 Å². The van der Waals surface area contributed by atoms with E-state index in [1.54, 1.807) is 7.05 Å². The standard InChI is InChI=1S/C19H28ClN3O2.HI/c1-12(25-14-7-5-6-13(20)10-14)11-22-18(21-4)23-16-15-8-9-24-17(15)19(16,2)3;/h5-7,10,12,15-17H,8-9,11H2,1-4H3,(H2,21,22,23);1H. The Labute approximate surface area is 178 Å². The van der Waals surface area contributed by atoms with Crippen LogP contribution in [0.2, 0.25) is 5.02 Å². The van der Waals surface area contributed by atoms with Crippen molar-refractivity contribution in [2.45, 2.75) is 45.4 Å². The van der Waals surface area contributed by atoms with Crippen molar-refractivity contribution in [2.24, 2.45) is 16.3 Å². The van der Waals surface area contributed by atoms with Crippen LogP contribution in [0.5, 0.6) is 5.75 Å². The molecule has 1 heterocycles. The fourth-order valence-corrected chi connectivity index (χ4v) is 4.19. The summed E-state index contributed by atoms with van der Waals surface area (Å²) < 4.78 is 11.8. The molecule has 4 unspecified atom stereocenters. The molecule has 3 rings (SSSR count). The van der Waals surface area contributed by atoms with E-state index in [1.807, 2.05) is 31.2 Å². The summed E-state index contributed by atoms with van der Waals surface area (Å²) in [5, 5.41) is 7.61. The van der Waals surface area contributed by atoms with Crippen molar-refractivity contribution < 1.29 is 9.47 Å². The Morgan fingerprint density at radius 1 is 1.46 bits per heavy atom. The third-order valence-electron chi connectivity index (χ3n) is 5.31. The quantitative estimate of drug-likeness (QED) is 0.373. The lowest BCUT2D eigenvalue weighted by molar-refractivity contribution is -0.106. The number of rotatable bonds is 5. The van der Waals surface area contributed by atoms with Gasteiger partial charge in [0.25, 0.3) is 0 Å². The second-order valence-corrected chi connectivity index (χ2v) is 7.96. The summed E-state index contributed by atoms with van der Waals surface area (Å²) in [6.45, 7) is 8.07. The van der Waals surface area contributed by atoms with E-state index >= 15 is 0 Å². The van der Waals surface area contributed by atoms with E-state index in [-0.39, 0.29) is 35.5 Å². The highest BCUT2D eigenvalue weighted by Crippen LogP contribution is 2.52. The van der Waals surface area contributed by atoms with E-state index in [0.29, 0.717) is 29.6 Å². The number of fused-ring (bicyclic) bond motifs is 1. The summed E-state index contributed by atoms with van der Waals surface area (Å²) in [7, 11) is 1.80. The first-order chi connectivity index (χ1) is 11.9. The minimum atomic E-state index is -0.00557. The van der Waals surface area contributed by atoms with E-state index < -0.39 is 0 Å². The fourth-order valence-electron chi connectivity index (χ4n) is 4.01. The zero-order valence-corrected chi connectivity index (χ0v) is 18.9. The van der Waals surface area contributed by atoms with Gasteiger partial charge in [-0.3, -0.25) is 4.99 Å². The summed E-state index contributed by atoms with van der Waals surface area (Å²) in [4.78, 5) is 4.36. The van der Waals surface area contributed by atoms with E-state index in [2.05, 4.69) is 29.5 Å². The summed E-state index contributed by atoms with van der Waals surface area (Å²) in [6.07, 6.45) is 1.49. The molecule has 0 bridgehead atoms. The van der Waals surface area contributed by atoms with Gasteiger partial charge in [0.2, 0.25) is 0 Å². The maximum atomic E-state index is 5.99. The van der Waals surface area contributed by atoms with Gasteiger partial charge in [-0.15, -0.1) is 24.0 Å². The SMILES string of the molecule is CN=C(NCC(C)Oc1cccc(Cl)c1)NC1C2CCOC2C1(C)C.I. The molecule has 26 heavy (non-hydrogen) atoms. The number of hydrogen-bond acceptors (Lipinski definition) is 3. The molecule has 4 atom stereocenters. The molecule has 5 nitrogen and oxygen atoms in total. The molecule has 0 radical (unpaired) electrons. The van der Waals surface area contributed by atoms with Gasteiger partial charge in [0.1, 0.15) is 11.9 Å². The van der Waals surface area contributed by atoms with Crippen molar-refractivity contribution in [3.8, 4) is 5.75 Å². The van der Waals surface area contributed by atoms with Gasteiger partial charge in [0, 0.05) is 36.1 Å². The Morgan fingerprint density at radius 3 is 2.92 bits per heavy atom. The molecule has 0 spiro atoms. The van der Waals surface area contributed by atoms with Gasteiger partial charge in [-0.1, -0.05) is 31.5 Å². The maximum absolute atomic E-state index is 5.99. The molecule has 1 saturated heterocycles. The molecule has 1 aliphatic carbocycles. The highest BCUT2D eigenvalue weighted by atomic mass is 127. The lowest BCUT2D eigenvalue weighted by Crippen LogP contribution is -2.68. The number of halogens is 2. The monoisotopic (exact) mass is 493 g/mol. The Balaban J connectivity index is 0.00000243. The van der Waals surface area contributed by atoms with Crippen molar-refractivity contribution in [1.82, 2.24) is 10.6 Å². The topological polar surface area (TPSA) is 54.9 Å². The largest absolute Gasteiger partial charge is 0.489 e. The fraction of sp³-hybridized carbons (Fsp3) is 0.632. The van der Waals surface area contributed by atoms with Crippen molar-refractivity contribution >= 4 is 41.5 Å².